The molecule has 1 atom stereocenters. The van der Waals surface area contributed by atoms with E-state index in [0.29, 0.717) is 18.2 Å². The lowest BCUT2D eigenvalue weighted by Gasteiger charge is -2.37. The summed E-state index contributed by atoms with van der Waals surface area (Å²) in [7, 11) is 2.12. The molecule has 2 fully saturated rings. The SMILES string of the molecule is Cc1ccc(-c2cc(C3(NC(=O)c4cc(OCC5CCN5C)ccc4C)CC3)c3ccccc3c2)s1. The molecule has 4 nitrogen and oxygen atoms in total. The number of carbonyl (C=O) groups excluding carboxylic acids is 1. The quantitative estimate of drug-likeness (QED) is 0.310. The standard InChI is InChI=1S/C31H32N2O2S/c1-20-8-10-25(35-19-24-12-15-33(24)3)18-27(20)30(34)32-31(13-14-31)28-17-23(29-11-9-21(2)36-29)16-22-6-4-5-7-26(22)28/h4-11,16-18,24H,12-15,19H2,1-3H3,(H,32,34). The molecule has 0 spiro atoms. The number of carbonyl (C=O) groups is 1. The third-order valence-electron chi connectivity index (χ3n) is 7.84. The van der Waals surface area contributed by atoms with Gasteiger partial charge in [0.15, 0.2) is 0 Å². The number of thiophene rings is 1. The zero-order valence-electron chi connectivity index (χ0n) is 21.1. The molecule has 184 valence electrons. The number of hydrogen-bond acceptors (Lipinski definition) is 4. The second-order valence-corrected chi connectivity index (χ2v) is 11.7. The topological polar surface area (TPSA) is 41.6 Å². The number of aryl methyl sites for hydroxylation is 2. The predicted molar refractivity (Wildman–Crippen MR) is 148 cm³/mol. The number of amides is 1. The molecule has 4 aromatic rings. The second-order valence-electron chi connectivity index (χ2n) is 10.4. The molecule has 2 heterocycles. The summed E-state index contributed by atoms with van der Waals surface area (Å²) < 4.78 is 6.06. The van der Waals surface area contributed by atoms with Crippen molar-refractivity contribution < 1.29 is 9.53 Å². The number of likely N-dealkylation sites (tertiary alicyclic amines) is 1. The molecular weight excluding hydrogens is 464 g/mol. The van der Waals surface area contributed by atoms with E-state index in [1.165, 1.54) is 31.7 Å². The van der Waals surface area contributed by atoms with Gasteiger partial charge in [-0.1, -0.05) is 30.3 Å². The van der Waals surface area contributed by atoms with E-state index in [2.05, 4.69) is 72.7 Å². The van der Waals surface area contributed by atoms with Gasteiger partial charge in [-0.25, -0.2) is 0 Å². The van der Waals surface area contributed by atoms with Gasteiger partial charge in [0.1, 0.15) is 12.4 Å². The molecule has 1 aliphatic carbocycles. The van der Waals surface area contributed by atoms with Gasteiger partial charge in [-0.15, -0.1) is 11.3 Å². The number of nitrogens with zero attached hydrogens (tertiary/aromatic N) is 1. The van der Waals surface area contributed by atoms with Gasteiger partial charge in [-0.2, -0.15) is 0 Å². The highest BCUT2D eigenvalue weighted by atomic mass is 32.1. The Balaban J connectivity index is 1.30. The third-order valence-corrected chi connectivity index (χ3v) is 8.89. The minimum absolute atomic E-state index is 0.0299. The van der Waals surface area contributed by atoms with Gasteiger partial charge >= 0.3 is 0 Å². The molecule has 1 N–H and O–H groups in total. The van der Waals surface area contributed by atoms with Crippen LogP contribution in [0.15, 0.2) is 66.7 Å². The van der Waals surface area contributed by atoms with Gasteiger partial charge in [-0.05, 0) is 111 Å². The first-order valence-electron chi connectivity index (χ1n) is 12.8. The highest BCUT2D eigenvalue weighted by Crippen LogP contribution is 2.49. The number of rotatable bonds is 7. The maximum atomic E-state index is 13.6. The highest BCUT2D eigenvalue weighted by Gasteiger charge is 2.47. The van der Waals surface area contributed by atoms with E-state index in [4.69, 9.17) is 4.74 Å². The molecule has 2 aliphatic rings. The van der Waals surface area contributed by atoms with Crippen molar-refractivity contribution in [3.63, 3.8) is 0 Å². The monoisotopic (exact) mass is 496 g/mol. The molecule has 1 amide bonds. The van der Waals surface area contributed by atoms with Gasteiger partial charge in [0.25, 0.3) is 5.91 Å². The van der Waals surface area contributed by atoms with Crippen molar-refractivity contribution in [1.82, 2.24) is 10.2 Å². The van der Waals surface area contributed by atoms with Crippen molar-refractivity contribution in [2.45, 2.75) is 44.7 Å². The summed E-state index contributed by atoms with van der Waals surface area (Å²) in [6.07, 6.45) is 3.05. The Bertz CT molecular complexity index is 1450. The fraction of sp³-hybridized carbons (Fsp3) is 0.323. The van der Waals surface area contributed by atoms with Crippen LogP contribution in [0.4, 0.5) is 0 Å². The fourth-order valence-corrected chi connectivity index (χ4v) is 6.07. The number of hydrogen-bond donors (Lipinski definition) is 1. The van der Waals surface area contributed by atoms with E-state index in [0.717, 1.165) is 37.1 Å². The lowest BCUT2D eigenvalue weighted by molar-refractivity contribution is 0.0767. The maximum Gasteiger partial charge on any atom is 0.252 e. The van der Waals surface area contributed by atoms with E-state index < -0.39 is 0 Å². The smallest absolute Gasteiger partial charge is 0.252 e. The molecular formula is C31H32N2O2S. The van der Waals surface area contributed by atoms with Crippen molar-refractivity contribution >= 4 is 28.0 Å². The van der Waals surface area contributed by atoms with E-state index in [1.807, 2.05) is 36.5 Å². The molecule has 6 rings (SSSR count). The minimum atomic E-state index is -0.336. The Morgan fingerprint density at radius 2 is 1.92 bits per heavy atom. The number of nitrogens with one attached hydrogen (secondary N) is 1. The van der Waals surface area contributed by atoms with Crippen LogP contribution in [0.3, 0.4) is 0 Å². The van der Waals surface area contributed by atoms with E-state index in [-0.39, 0.29) is 11.4 Å². The van der Waals surface area contributed by atoms with Crippen LogP contribution >= 0.6 is 11.3 Å². The number of likely N-dealkylation sites (N-methyl/N-ethyl adjacent to an activating group) is 1. The first kappa shape index (κ1) is 23.3. The second kappa shape index (κ2) is 9.06. The third kappa shape index (κ3) is 4.31. The predicted octanol–water partition coefficient (Wildman–Crippen LogP) is 6.69. The van der Waals surface area contributed by atoms with Crippen LogP contribution in [0.1, 0.15) is 45.6 Å². The van der Waals surface area contributed by atoms with Crippen LogP contribution in [0.5, 0.6) is 5.75 Å². The van der Waals surface area contributed by atoms with Crippen molar-refractivity contribution in [3.8, 4) is 16.2 Å². The van der Waals surface area contributed by atoms with Crippen LogP contribution in [0, 0.1) is 13.8 Å². The van der Waals surface area contributed by atoms with E-state index in [1.54, 1.807) is 0 Å². The van der Waals surface area contributed by atoms with Crippen molar-refractivity contribution in [2.75, 3.05) is 20.2 Å². The molecule has 0 bridgehead atoms. The van der Waals surface area contributed by atoms with Crippen LogP contribution in [-0.2, 0) is 5.54 Å². The summed E-state index contributed by atoms with van der Waals surface area (Å²) in [5.41, 5.74) is 3.75. The first-order valence-corrected chi connectivity index (χ1v) is 13.6. The summed E-state index contributed by atoms with van der Waals surface area (Å²) >= 11 is 1.81. The lowest BCUT2D eigenvalue weighted by atomic mass is 9.93. The van der Waals surface area contributed by atoms with Gasteiger partial charge in [0, 0.05) is 21.4 Å². The molecule has 1 saturated carbocycles. The Hall–Kier alpha value is -3.15. The number of fused-ring (bicyclic) bond motifs is 1. The fourth-order valence-electron chi connectivity index (χ4n) is 5.22. The minimum Gasteiger partial charge on any atom is -0.492 e. The van der Waals surface area contributed by atoms with Crippen molar-refractivity contribution in [1.29, 1.82) is 0 Å². The summed E-state index contributed by atoms with van der Waals surface area (Å²) in [4.78, 5) is 18.5. The maximum absolute atomic E-state index is 13.6. The van der Waals surface area contributed by atoms with Crippen LogP contribution in [-0.4, -0.2) is 37.0 Å². The molecule has 1 aromatic heterocycles. The van der Waals surface area contributed by atoms with Crippen LogP contribution < -0.4 is 10.1 Å². The Labute approximate surface area is 216 Å². The average Bonchev–Trinajstić information content (AvgIpc) is 3.52. The molecule has 1 unspecified atom stereocenters. The van der Waals surface area contributed by atoms with Crippen LogP contribution in [0.2, 0.25) is 0 Å². The highest BCUT2D eigenvalue weighted by molar-refractivity contribution is 7.15. The normalized spacial score (nSPS) is 18.6. The molecule has 1 aliphatic heterocycles. The largest absolute Gasteiger partial charge is 0.492 e. The van der Waals surface area contributed by atoms with Gasteiger partial charge in [-0.3, -0.25) is 9.69 Å². The summed E-state index contributed by atoms with van der Waals surface area (Å²) in [5, 5.41) is 5.86. The molecule has 36 heavy (non-hydrogen) atoms. The van der Waals surface area contributed by atoms with Crippen molar-refractivity contribution in [2.24, 2.45) is 0 Å². The van der Waals surface area contributed by atoms with Crippen molar-refractivity contribution in [3.05, 3.63) is 88.3 Å². The summed E-state index contributed by atoms with van der Waals surface area (Å²) in [6.45, 7) is 5.92. The van der Waals surface area contributed by atoms with Crippen LogP contribution in [0.25, 0.3) is 21.2 Å². The molecule has 0 radical (unpaired) electrons. The zero-order chi connectivity index (χ0) is 24.9. The molecule has 5 heteroatoms. The molecule has 3 aromatic carbocycles. The van der Waals surface area contributed by atoms with Gasteiger partial charge < -0.3 is 10.1 Å². The molecule has 1 saturated heterocycles. The Kier molecular flexibility index (Phi) is 5.85. The number of ether oxygens (including phenoxy) is 1. The lowest BCUT2D eigenvalue weighted by Crippen LogP contribution is -2.48. The summed E-state index contributed by atoms with van der Waals surface area (Å²) in [5.74, 6) is 0.731. The van der Waals surface area contributed by atoms with E-state index >= 15 is 0 Å². The number of benzene rings is 3. The van der Waals surface area contributed by atoms with E-state index in [9.17, 15) is 4.79 Å². The average molecular weight is 497 g/mol. The first-order chi connectivity index (χ1) is 17.4. The Morgan fingerprint density at radius 3 is 2.61 bits per heavy atom. The summed E-state index contributed by atoms with van der Waals surface area (Å²) in [6, 6.07) is 23.8. The zero-order valence-corrected chi connectivity index (χ0v) is 22.0. The van der Waals surface area contributed by atoms with Gasteiger partial charge in [0.2, 0.25) is 0 Å². The van der Waals surface area contributed by atoms with Gasteiger partial charge in [0.05, 0.1) is 5.54 Å². The Morgan fingerprint density at radius 1 is 1.08 bits per heavy atom.